The Labute approximate surface area is 102 Å². The number of ether oxygens (including phenoxy) is 1. The van der Waals surface area contributed by atoms with Crippen LogP contribution in [0.15, 0.2) is 6.20 Å². The summed E-state index contributed by atoms with van der Waals surface area (Å²) in [5.74, 6) is 1.89. The first-order chi connectivity index (χ1) is 7.74. The first kappa shape index (κ1) is 13.4. The van der Waals surface area contributed by atoms with E-state index in [2.05, 4.69) is 23.6 Å². The van der Waals surface area contributed by atoms with Crippen molar-refractivity contribution >= 4 is 11.8 Å². The van der Waals surface area contributed by atoms with Crippen LogP contribution in [0.2, 0.25) is 0 Å². The van der Waals surface area contributed by atoms with Crippen molar-refractivity contribution in [2.75, 3.05) is 25.7 Å². The molecule has 0 fully saturated rings. The molecule has 1 aromatic heterocycles. The van der Waals surface area contributed by atoms with Gasteiger partial charge in [0, 0.05) is 12.8 Å². The summed E-state index contributed by atoms with van der Waals surface area (Å²) < 4.78 is 7.23. The van der Waals surface area contributed by atoms with E-state index in [1.807, 2.05) is 23.5 Å². The van der Waals surface area contributed by atoms with E-state index in [1.165, 1.54) is 0 Å². The molecule has 0 spiro atoms. The fourth-order valence-electron chi connectivity index (χ4n) is 1.70. The van der Waals surface area contributed by atoms with E-state index in [9.17, 15) is 0 Å². The van der Waals surface area contributed by atoms with E-state index in [1.54, 1.807) is 13.3 Å². The molecule has 1 heterocycles. The summed E-state index contributed by atoms with van der Waals surface area (Å²) >= 11 is 1.83. The molecular weight excluding hydrogens is 222 g/mol. The molecule has 0 saturated heterocycles. The van der Waals surface area contributed by atoms with Crippen molar-refractivity contribution in [2.45, 2.75) is 19.4 Å². The smallest absolute Gasteiger partial charge is 0.161 e. The van der Waals surface area contributed by atoms with E-state index < -0.39 is 0 Å². The van der Waals surface area contributed by atoms with Crippen LogP contribution in [0.4, 0.5) is 0 Å². The van der Waals surface area contributed by atoms with Gasteiger partial charge in [0.25, 0.3) is 0 Å². The lowest BCUT2D eigenvalue weighted by Gasteiger charge is -2.19. The third-order valence-corrected chi connectivity index (χ3v) is 3.14. The molecule has 0 radical (unpaired) electrons. The van der Waals surface area contributed by atoms with Gasteiger partial charge in [0.1, 0.15) is 0 Å². The summed E-state index contributed by atoms with van der Waals surface area (Å²) in [5.41, 5.74) is 1.13. The van der Waals surface area contributed by atoms with Crippen molar-refractivity contribution in [2.24, 2.45) is 7.05 Å². The summed E-state index contributed by atoms with van der Waals surface area (Å²) in [6.07, 6.45) is 5.02. The molecule has 1 aromatic rings. The summed E-state index contributed by atoms with van der Waals surface area (Å²) in [4.78, 5) is 0. The third-order valence-electron chi connectivity index (χ3n) is 2.47. The van der Waals surface area contributed by atoms with Crippen LogP contribution in [-0.4, -0.2) is 35.4 Å². The maximum absolute atomic E-state index is 5.34. The van der Waals surface area contributed by atoms with E-state index >= 15 is 0 Å². The maximum atomic E-state index is 5.34. The number of nitrogens with one attached hydrogen (secondary N) is 1. The minimum absolute atomic E-state index is 0.303. The Bertz CT molecular complexity index is 314. The molecule has 0 aromatic carbocycles. The molecular formula is C11H21N3OS. The molecule has 4 nitrogen and oxygen atoms in total. The van der Waals surface area contributed by atoms with Crippen LogP contribution in [-0.2, 0) is 7.05 Å². The monoisotopic (exact) mass is 243 g/mol. The van der Waals surface area contributed by atoms with Crippen molar-refractivity contribution in [3.05, 3.63) is 11.9 Å². The number of hydrogen-bond donors (Lipinski definition) is 1. The van der Waals surface area contributed by atoms with E-state index in [0.717, 1.165) is 30.2 Å². The molecule has 1 atom stereocenters. The standard InChI is InChI=1S/C11H21N3OS/c1-5-6-12-9(8-16-4)11-10(15-3)7-13-14(11)2/h7,9,12H,5-6,8H2,1-4H3. The zero-order valence-electron chi connectivity index (χ0n) is 10.5. The fourth-order valence-corrected chi connectivity index (χ4v) is 2.31. The van der Waals surface area contributed by atoms with Crippen molar-refractivity contribution in [3.63, 3.8) is 0 Å². The molecule has 0 amide bonds. The van der Waals surface area contributed by atoms with Crippen molar-refractivity contribution in [1.82, 2.24) is 15.1 Å². The number of nitrogens with zero attached hydrogens (tertiary/aromatic N) is 2. The largest absolute Gasteiger partial charge is 0.493 e. The van der Waals surface area contributed by atoms with Gasteiger partial charge in [-0.1, -0.05) is 6.92 Å². The van der Waals surface area contributed by atoms with Crippen LogP contribution in [0.3, 0.4) is 0 Å². The predicted molar refractivity (Wildman–Crippen MR) is 69.2 cm³/mol. The second-order valence-corrected chi connectivity index (χ2v) is 4.59. The highest BCUT2D eigenvalue weighted by atomic mass is 32.2. The minimum atomic E-state index is 0.303. The van der Waals surface area contributed by atoms with Crippen molar-refractivity contribution < 1.29 is 4.74 Å². The molecule has 0 aliphatic heterocycles. The lowest BCUT2D eigenvalue weighted by molar-refractivity contribution is 0.398. The van der Waals surface area contributed by atoms with Gasteiger partial charge < -0.3 is 10.1 Å². The van der Waals surface area contributed by atoms with E-state index in [4.69, 9.17) is 4.74 Å². The number of aryl methyl sites for hydroxylation is 1. The van der Waals surface area contributed by atoms with Gasteiger partial charge in [0.15, 0.2) is 5.75 Å². The van der Waals surface area contributed by atoms with Gasteiger partial charge in [-0.15, -0.1) is 0 Å². The van der Waals surface area contributed by atoms with Gasteiger partial charge in [-0.25, -0.2) is 0 Å². The molecule has 5 heteroatoms. The Kier molecular flexibility index (Phi) is 5.69. The second-order valence-electron chi connectivity index (χ2n) is 3.68. The Morgan fingerprint density at radius 1 is 1.62 bits per heavy atom. The average molecular weight is 243 g/mol. The van der Waals surface area contributed by atoms with Gasteiger partial charge in [-0.3, -0.25) is 4.68 Å². The fraction of sp³-hybridized carbons (Fsp3) is 0.727. The van der Waals surface area contributed by atoms with Crippen molar-refractivity contribution in [3.8, 4) is 5.75 Å². The summed E-state index contributed by atoms with van der Waals surface area (Å²) in [5, 5.41) is 7.77. The summed E-state index contributed by atoms with van der Waals surface area (Å²) in [6, 6.07) is 0.303. The number of rotatable bonds is 7. The van der Waals surface area contributed by atoms with Crippen LogP contribution in [0.5, 0.6) is 5.75 Å². The molecule has 16 heavy (non-hydrogen) atoms. The Morgan fingerprint density at radius 3 is 2.94 bits per heavy atom. The minimum Gasteiger partial charge on any atom is -0.493 e. The van der Waals surface area contributed by atoms with Gasteiger partial charge >= 0.3 is 0 Å². The molecule has 92 valence electrons. The number of hydrogen-bond acceptors (Lipinski definition) is 4. The molecule has 1 unspecified atom stereocenters. The normalized spacial score (nSPS) is 12.8. The Balaban J connectivity index is 2.85. The second kappa shape index (κ2) is 6.81. The topological polar surface area (TPSA) is 39.1 Å². The van der Waals surface area contributed by atoms with Crippen LogP contribution in [0.25, 0.3) is 0 Å². The van der Waals surface area contributed by atoms with Crippen LogP contribution < -0.4 is 10.1 Å². The van der Waals surface area contributed by atoms with E-state index in [0.29, 0.717) is 6.04 Å². The van der Waals surface area contributed by atoms with Crippen LogP contribution in [0, 0.1) is 0 Å². The molecule has 1 N–H and O–H groups in total. The number of aromatic nitrogens is 2. The molecule has 1 rings (SSSR count). The van der Waals surface area contributed by atoms with Gasteiger partial charge in [0.05, 0.1) is 25.0 Å². The SMILES string of the molecule is CCCNC(CSC)c1c(OC)cnn1C. The lowest BCUT2D eigenvalue weighted by Crippen LogP contribution is -2.26. The van der Waals surface area contributed by atoms with Gasteiger partial charge in [-0.05, 0) is 19.2 Å². The molecule has 0 aliphatic carbocycles. The molecule has 0 aliphatic rings. The molecule has 0 bridgehead atoms. The highest BCUT2D eigenvalue weighted by Gasteiger charge is 2.19. The van der Waals surface area contributed by atoms with Crippen LogP contribution >= 0.6 is 11.8 Å². The maximum Gasteiger partial charge on any atom is 0.161 e. The Hall–Kier alpha value is -0.680. The summed E-state index contributed by atoms with van der Waals surface area (Å²) in [7, 11) is 3.65. The number of thioether (sulfide) groups is 1. The van der Waals surface area contributed by atoms with Gasteiger partial charge in [0.2, 0.25) is 0 Å². The first-order valence-electron chi connectivity index (χ1n) is 5.52. The predicted octanol–water partition coefficient (Wildman–Crippen LogP) is 1.83. The Morgan fingerprint density at radius 2 is 2.38 bits per heavy atom. The lowest BCUT2D eigenvalue weighted by atomic mass is 10.2. The van der Waals surface area contributed by atoms with Gasteiger partial charge in [-0.2, -0.15) is 16.9 Å². The molecule has 0 saturated carbocycles. The zero-order chi connectivity index (χ0) is 12.0. The van der Waals surface area contributed by atoms with Crippen LogP contribution in [0.1, 0.15) is 25.1 Å². The first-order valence-corrected chi connectivity index (χ1v) is 6.92. The summed E-state index contributed by atoms with van der Waals surface area (Å²) in [6.45, 7) is 3.18. The number of methoxy groups -OCH3 is 1. The van der Waals surface area contributed by atoms with E-state index in [-0.39, 0.29) is 0 Å². The highest BCUT2D eigenvalue weighted by molar-refractivity contribution is 7.98. The van der Waals surface area contributed by atoms with Crippen molar-refractivity contribution in [1.29, 1.82) is 0 Å². The third kappa shape index (κ3) is 3.15. The zero-order valence-corrected chi connectivity index (χ0v) is 11.3. The quantitative estimate of drug-likeness (QED) is 0.793. The average Bonchev–Trinajstić information content (AvgIpc) is 2.66. The highest BCUT2D eigenvalue weighted by Crippen LogP contribution is 2.26.